The van der Waals surface area contributed by atoms with Crippen molar-refractivity contribution < 1.29 is 9.47 Å². The summed E-state index contributed by atoms with van der Waals surface area (Å²) in [6.45, 7) is 11.2. The van der Waals surface area contributed by atoms with E-state index in [1.165, 1.54) is 5.56 Å². The highest BCUT2D eigenvalue weighted by molar-refractivity contribution is 14.0. The van der Waals surface area contributed by atoms with Crippen LogP contribution in [-0.2, 0) is 15.9 Å². The Labute approximate surface area is 187 Å². The molecular weight excluding hydrogens is 467 g/mol. The molecule has 0 bridgehead atoms. The smallest absolute Gasteiger partial charge is 0.191 e. The zero-order valence-corrected chi connectivity index (χ0v) is 19.5. The normalized spacial score (nSPS) is 15.1. The van der Waals surface area contributed by atoms with Gasteiger partial charge in [-0.2, -0.15) is 0 Å². The lowest BCUT2D eigenvalue weighted by Gasteiger charge is -2.26. The minimum Gasteiger partial charge on any atom is -0.381 e. The van der Waals surface area contributed by atoms with Crippen LogP contribution in [0.1, 0.15) is 25.3 Å². The summed E-state index contributed by atoms with van der Waals surface area (Å²) in [5.41, 5.74) is 1.33. The Hall–Kier alpha value is -0.900. The van der Waals surface area contributed by atoms with E-state index in [-0.39, 0.29) is 24.0 Å². The van der Waals surface area contributed by atoms with Crippen LogP contribution < -0.4 is 10.6 Å². The molecule has 6 nitrogen and oxygen atoms in total. The average Bonchev–Trinajstić information content (AvgIpc) is 2.72. The van der Waals surface area contributed by atoms with Crippen molar-refractivity contribution in [3.63, 3.8) is 0 Å². The Morgan fingerprint density at radius 1 is 1.11 bits per heavy atom. The van der Waals surface area contributed by atoms with Gasteiger partial charge in [-0.15, -0.1) is 24.0 Å². The van der Waals surface area contributed by atoms with E-state index >= 15 is 0 Å². The zero-order valence-electron chi connectivity index (χ0n) is 17.2. The van der Waals surface area contributed by atoms with Crippen molar-refractivity contribution in [2.75, 3.05) is 65.7 Å². The maximum Gasteiger partial charge on any atom is 0.191 e. The summed E-state index contributed by atoms with van der Waals surface area (Å²) in [5.74, 6) is 0.906. The Morgan fingerprint density at radius 2 is 1.89 bits per heavy atom. The van der Waals surface area contributed by atoms with Gasteiger partial charge in [-0.05, 0) is 38.3 Å². The number of aliphatic imine (C=N–C) groups is 1. The third-order valence-corrected chi connectivity index (χ3v) is 4.49. The summed E-state index contributed by atoms with van der Waals surface area (Å²) in [7, 11) is 0. The molecule has 0 radical (unpaired) electrons. The molecule has 1 heterocycles. The number of rotatable bonds is 12. The molecule has 0 saturated carbocycles. The highest BCUT2D eigenvalue weighted by Crippen LogP contribution is 2.00. The minimum absolute atomic E-state index is 0. The molecule has 1 fully saturated rings. The molecular formula is C21H37IN4O2. The van der Waals surface area contributed by atoms with Gasteiger partial charge < -0.3 is 20.1 Å². The van der Waals surface area contributed by atoms with Crippen LogP contribution in [-0.4, -0.2) is 76.6 Å². The molecule has 2 rings (SSSR count). The molecule has 0 atom stereocenters. The maximum absolute atomic E-state index is 5.72. The van der Waals surface area contributed by atoms with Crippen molar-refractivity contribution in [1.82, 2.24) is 15.5 Å². The zero-order chi connectivity index (χ0) is 19.0. The molecule has 1 aromatic carbocycles. The van der Waals surface area contributed by atoms with E-state index in [9.17, 15) is 0 Å². The van der Waals surface area contributed by atoms with Gasteiger partial charge in [0.05, 0.1) is 19.8 Å². The van der Waals surface area contributed by atoms with E-state index < -0.39 is 0 Å². The van der Waals surface area contributed by atoms with Crippen molar-refractivity contribution in [2.45, 2.75) is 26.2 Å². The van der Waals surface area contributed by atoms with E-state index in [0.717, 1.165) is 90.9 Å². The molecule has 160 valence electrons. The van der Waals surface area contributed by atoms with Gasteiger partial charge in [-0.1, -0.05) is 30.3 Å². The second-order valence-corrected chi connectivity index (χ2v) is 6.70. The number of benzene rings is 1. The van der Waals surface area contributed by atoms with E-state index in [0.29, 0.717) is 0 Å². The number of guanidine groups is 1. The molecule has 1 aliphatic rings. The Kier molecular flexibility index (Phi) is 15.3. The largest absolute Gasteiger partial charge is 0.381 e. The fourth-order valence-corrected chi connectivity index (χ4v) is 2.97. The van der Waals surface area contributed by atoms with Crippen LogP contribution in [0.3, 0.4) is 0 Å². The predicted molar refractivity (Wildman–Crippen MR) is 127 cm³/mol. The first-order chi connectivity index (χ1) is 13.4. The highest BCUT2D eigenvalue weighted by atomic mass is 127. The number of nitrogens with zero attached hydrogens (tertiary/aromatic N) is 2. The number of nitrogens with one attached hydrogen (secondary N) is 2. The van der Waals surface area contributed by atoms with Crippen molar-refractivity contribution in [1.29, 1.82) is 0 Å². The SMILES string of the molecule is CCNC(=NCCCOCCc1ccccc1)NCCCN1CCOCC1.I. The molecule has 28 heavy (non-hydrogen) atoms. The molecule has 0 aromatic heterocycles. The van der Waals surface area contributed by atoms with Crippen LogP contribution in [0.2, 0.25) is 0 Å². The fraction of sp³-hybridized carbons (Fsp3) is 0.667. The Morgan fingerprint density at radius 3 is 2.64 bits per heavy atom. The van der Waals surface area contributed by atoms with Crippen molar-refractivity contribution in [3.8, 4) is 0 Å². The van der Waals surface area contributed by atoms with Crippen molar-refractivity contribution in [2.24, 2.45) is 4.99 Å². The predicted octanol–water partition coefficient (Wildman–Crippen LogP) is 2.53. The van der Waals surface area contributed by atoms with Crippen molar-refractivity contribution >= 4 is 29.9 Å². The lowest BCUT2D eigenvalue weighted by Crippen LogP contribution is -2.40. The van der Waals surface area contributed by atoms with Crippen LogP contribution in [0.25, 0.3) is 0 Å². The quantitative estimate of drug-likeness (QED) is 0.198. The lowest BCUT2D eigenvalue weighted by molar-refractivity contribution is 0.0376. The number of ether oxygens (including phenoxy) is 2. The first-order valence-electron chi connectivity index (χ1n) is 10.3. The minimum atomic E-state index is 0. The van der Waals surface area contributed by atoms with Gasteiger partial charge in [0.15, 0.2) is 5.96 Å². The highest BCUT2D eigenvalue weighted by Gasteiger charge is 2.09. The van der Waals surface area contributed by atoms with Gasteiger partial charge in [-0.3, -0.25) is 9.89 Å². The summed E-state index contributed by atoms with van der Waals surface area (Å²) >= 11 is 0. The molecule has 1 aromatic rings. The van der Waals surface area contributed by atoms with E-state index in [1.54, 1.807) is 0 Å². The second-order valence-electron chi connectivity index (χ2n) is 6.70. The first-order valence-corrected chi connectivity index (χ1v) is 10.3. The van der Waals surface area contributed by atoms with Crippen LogP contribution in [0.5, 0.6) is 0 Å². The monoisotopic (exact) mass is 504 g/mol. The van der Waals surface area contributed by atoms with E-state index in [4.69, 9.17) is 9.47 Å². The second kappa shape index (κ2) is 17.0. The fourth-order valence-electron chi connectivity index (χ4n) is 2.97. The van der Waals surface area contributed by atoms with Crippen LogP contribution in [0.15, 0.2) is 35.3 Å². The van der Waals surface area contributed by atoms with Crippen LogP contribution in [0, 0.1) is 0 Å². The molecule has 0 amide bonds. The van der Waals surface area contributed by atoms with E-state index in [1.807, 2.05) is 6.07 Å². The lowest BCUT2D eigenvalue weighted by atomic mass is 10.2. The summed E-state index contributed by atoms with van der Waals surface area (Å²) in [6, 6.07) is 10.5. The maximum atomic E-state index is 5.72. The van der Waals surface area contributed by atoms with Gasteiger partial charge in [0.25, 0.3) is 0 Å². The van der Waals surface area contributed by atoms with Gasteiger partial charge in [-0.25, -0.2) is 0 Å². The Balaban J connectivity index is 0.00000392. The summed E-state index contributed by atoms with van der Waals surface area (Å²) in [6.07, 6.45) is 3.03. The molecule has 0 unspecified atom stereocenters. The topological polar surface area (TPSA) is 58.1 Å². The number of hydrogen-bond donors (Lipinski definition) is 2. The molecule has 1 saturated heterocycles. The third-order valence-electron chi connectivity index (χ3n) is 4.49. The van der Waals surface area contributed by atoms with Gasteiger partial charge in [0, 0.05) is 39.3 Å². The summed E-state index contributed by atoms with van der Waals surface area (Å²) in [5, 5.41) is 6.73. The average molecular weight is 504 g/mol. The summed E-state index contributed by atoms with van der Waals surface area (Å²) < 4.78 is 11.1. The van der Waals surface area contributed by atoms with Crippen molar-refractivity contribution in [3.05, 3.63) is 35.9 Å². The molecule has 0 aliphatic carbocycles. The van der Waals surface area contributed by atoms with Gasteiger partial charge in [0.1, 0.15) is 0 Å². The third kappa shape index (κ3) is 11.8. The first kappa shape index (κ1) is 25.1. The Bertz CT molecular complexity index is 510. The number of morpholine rings is 1. The van der Waals surface area contributed by atoms with Gasteiger partial charge in [0.2, 0.25) is 0 Å². The number of halogens is 1. The molecule has 1 aliphatic heterocycles. The summed E-state index contributed by atoms with van der Waals surface area (Å²) in [4.78, 5) is 7.09. The molecule has 0 spiro atoms. The molecule has 2 N–H and O–H groups in total. The van der Waals surface area contributed by atoms with Crippen LogP contribution in [0.4, 0.5) is 0 Å². The van der Waals surface area contributed by atoms with Gasteiger partial charge >= 0.3 is 0 Å². The van der Waals surface area contributed by atoms with Crippen LogP contribution >= 0.6 is 24.0 Å². The standard InChI is InChI=1S/C21H36N4O2.HI/c1-2-22-21(23-11-6-13-25-14-18-27-19-15-25)24-12-7-16-26-17-10-20-8-4-3-5-9-20;/h3-5,8-9H,2,6-7,10-19H2,1H3,(H2,22,23,24);1H. The van der Waals surface area contributed by atoms with E-state index in [2.05, 4.69) is 51.7 Å². The molecule has 7 heteroatoms. The number of hydrogen-bond acceptors (Lipinski definition) is 4.